The molecule has 1 aliphatic heterocycles. The van der Waals surface area contributed by atoms with E-state index < -0.39 is 0 Å². The average molecular weight is 373 g/mol. The predicted octanol–water partition coefficient (Wildman–Crippen LogP) is 2.02. The van der Waals surface area contributed by atoms with E-state index in [2.05, 4.69) is 27.9 Å². The highest BCUT2D eigenvalue weighted by molar-refractivity contribution is 14.1. The zero-order chi connectivity index (χ0) is 13.8. The van der Waals surface area contributed by atoms with Crippen molar-refractivity contribution in [1.29, 1.82) is 0 Å². The van der Waals surface area contributed by atoms with Crippen LogP contribution in [0, 0.1) is 9.49 Å². The summed E-state index contributed by atoms with van der Waals surface area (Å²) in [5.74, 6) is -0.362. The maximum absolute atomic E-state index is 12.1. The number of benzene rings is 1. The first-order valence-corrected chi connectivity index (χ1v) is 7.25. The molecule has 0 aliphatic carbocycles. The molecular formula is C13H16IN3O2. The van der Waals surface area contributed by atoms with Crippen molar-refractivity contribution in [2.24, 2.45) is 11.7 Å². The van der Waals surface area contributed by atoms with Crippen molar-refractivity contribution in [3.05, 3.63) is 27.8 Å². The Hall–Kier alpha value is -1.31. The molecule has 0 saturated carbocycles. The lowest BCUT2D eigenvalue weighted by Crippen LogP contribution is -2.43. The van der Waals surface area contributed by atoms with Gasteiger partial charge in [0.25, 0.3) is 0 Å². The summed E-state index contributed by atoms with van der Waals surface area (Å²) in [7, 11) is 0. The number of nitrogens with two attached hydrogens (primary N) is 1. The van der Waals surface area contributed by atoms with Gasteiger partial charge in [0.15, 0.2) is 0 Å². The van der Waals surface area contributed by atoms with Crippen molar-refractivity contribution in [3.8, 4) is 0 Å². The van der Waals surface area contributed by atoms with Crippen LogP contribution in [0.3, 0.4) is 0 Å². The first kappa shape index (κ1) is 14.1. The highest BCUT2D eigenvalue weighted by Crippen LogP contribution is 2.20. The number of urea groups is 1. The van der Waals surface area contributed by atoms with E-state index in [1.807, 2.05) is 24.3 Å². The molecule has 1 aromatic rings. The molecule has 0 spiro atoms. The van der Waals surface area contributed by atoms with E-state index in [9.17, 15) is 9.59 Å². The first-order chi connectivity index (χ1) is 9.08. The molecule has 1 heterocycles. The highest BCUT2D eigenvalue weighted by Gasteiger charge is 2.25. The van der Waals surface area contributed by atoms with Crippen molar-refractivity contribution in [3.63, 3.8) is 0 Å². The van der Waals surface area contributed by atoms with Gasteiger partial charge in [-0.15, -0.1) is 0 Å². The third-order valence-electron chi connectivity index (χ3n) is 3.30. The maximum atomic E-state index is 12.1. The number of piperidine rings is 1. The number of primary amides is 1. The molecule has 5 nitrogen and oxygen atoms in total. The molecule has 0 unspecified atom stereocenters. The second-order valence-corrected chi connectivity index (χ2v) is 5.74. The molecule has 0 aromatic heterocycles. The number of halogens is 1. The predicted molar refractivity (Wildman–Crippen MR) is 81.7 cm³/mol. The zero-order valence-electron chi connectivity index (χ0n) is 10.4. The Kier molecular flexibility index (Phi) is 4.62. The third-order valence-corrected chi connectivity index (χ3v) is 4.24. The molecule has 0 radical (unpaired) electrons. The second-order valence-electron chi connectivity index (χ2n) is 4.57. The summed E-state index contributed by atoms with van der Waals surface area (Å²) in [6.45, 7) is 1.14. The van der Waals surface area contributed by atoms with Crippen LogP contribution in [0.4, 0.5) is 10.5 Å². The topological polar surface area (TPSA) is 75.4 Å². The number of anilines is 1. The summed E-state index contributed by atoms with van der Waals surface area (Å²) < 4.78 is 1.00. The molecule has 102 valence electrons. The minimum Gasteiger partial charge on any atom is -0.369 e. The molecule has 0 atom stereocenters. The molecule has 1 aliphatic rings. The maximum Gasteiger partial charge on any atom is 0.321 e. The lowest BCUT2D eigenvalue weighted by molar-refractivity contribution is -0.122. The van der Waals surface area contributed by atoms with Gasteiger partial charge in [0.1, 0.15) is 0 Å². The number of hydrogen-bond acceptors (Lipinski definition) is 2. The van der Waals surface area contributed by atoms with Crippen LogP contribution >= 0.6 is 22.6 Å². The van der Waals surface area contributed by atoms with E-state index in [4.69, 9.17) is 5.73 Å². The molecule has 3 amide bonds. The van der Waals surface area contributed by atoms with Crippen molar-refractivity contribution in [2.75, 3.05) is 18.4 Å². The van der Waals surface area contributed by atoms with E-state index in [1.54, 1.807) is 4.90 Å². The van der Waals surface area contributed by atoms with E-state index in [1.165, 1.54) is 0 Å². The largest absolute Gasteiger partial charge is 0.369 e. The highest BCUT2D eigenvalue weighted by atomic mass is 127. The number of nitrogens with zero attached hydrogens (tertiary/aromatic N) is 1. The number of para-hydroxylation sites is 1. The number of rotatable bonds is 2. The van der Waals surface area contributed by atoms with Gasteiger partial charge < -0.3 is 16.0 Å². The molecule has 1 aromatic carbocycles. The summed E-state index contributed by atoms with van der Waals surface area (Å²) in [5, 5.41) is 2.89. The SMILES string of the molecule is NC(=O)C1CCN(C(=O)Nc2ccccc2I)CC1. The van der Waals surface area contributed by atoms with Crippen LogP contribution in [0.1, 0.15) is 12.8 Å². The monoisotopic (exact) mass is 373 g/mol. The van der Waals surface area contributed by atoms with Crippen molar-refractivity contribution >= 4 is 40.2 Å². The zero-order valence-corrected chi connectivity index (χ0v) is 12.6. The molecular weight excluding hydrogens is 357 g/mol. The average Bonchev–Trinajstić information content (AvgIpc) is 2.41. The van der Waals surface area contributed by atoms with Crippen LogP contribution in [0.2, 0.25) is 0 Å². The summed E-state index contributed by atoms with van der Waals surface area (Å²) >= 11 is 2.18. The minimum absolute atomic E-state index is 0.0964. The van der Waals surface area contributed by atoms with Crippen molar-refractivity contribution in [2.45, 2.75) is 12.8 Å². The van der Waals surface area contributed by atoms with E-state index >= 15 is 0 Å². The Morgan fingerprint density at radius 1 is 1.26 bits per heavy atom. The second kappa shape index (κ2) is 6.23. The molecule has 19 heavy (non-hydrogen) atoms. The number of amides is 3. The normalized spacial score (nSPS) is 16.2. The van der Waals surface area contributed by atoms with Crippen LogP contribution in [0.15, 0.2) is 24.3 Å². The van der Waals surface area contributed by atoms with E-state index in [0.29, 0.717) is 25.9 Å². The molecule has 3 N–H and O–H groups in total. The Bertz CT molecular complexity index is 485. The van der Waals surface area contributed by atoms with Crippen molar-refractivity contribution in [1.82, 2.24) is 4.90 Å². The molecule has 1 fully saturated rings. The molecule has 1 saturated heterocycles. The summed E-state index contributed by atoms with van der Waals surface area (Å²) in [5.41, 5.74) is 6.08. The van der Waals surface area contributed by atoms with Gasteiger partial charge in [-0.2, -0.15) is 0 Å². The van der Waals surface area contributed by atoms with Gasteiger partial charge in [-0.1, -0.05) is 12.1 Å². The van der Waals surface area contributed by atoms with E-state index in [0.717, 1.165) is 9.26 Å². The number of carbonyl (C=O) groups excluding carboxylic acids is 2. The fourth-order valence-corrected chi connectivity index (χ4v) is 2.65. The smallest absolute Gasteiger partial charge is 0.321 e. The Balaban J connectivity index is 1.92. The first-order valence-electron chi connectivity index (χ1n) is 6.17. The van der Waals surface area contributed by atoms with Gasteiger partial charge in [-0.25, -0.2) is 4.79 Å². The number of carbonyl (C=O) groups is 2. The van der Waals surface area contributed by atoms with Crippen LogP contribution in [-0.2, 0) is 4.79 Å². The summed E-state index contributed by atoms with van der Waals surface area (Å²) in [6, 6.07) is 7.50. The van der Waals surface area contributed by atoms with Crippen LogP contribution in [0.25, 0.3) is 0 Å². The summed E-state index contributed by atoms with van der Waals surface area (Å²) in [6.07, 6.45) is 1.29. The Morgan fingerprint density at radius 2 is 1.89 bits per heavy atom. The van der Waals surface area contributed by atoms with E-state index in [-0.39, 0.29) is 17.9 Å². The van der Waals surface area contributed by atoms with Gasteiger partial charge in [0.2, 0.25) is 5.91 Å². The van der Waals surface area contributed by atoms with Crippen LogP contribution < -0.4 is 11.1 Å². The number of hydrogen-bond donors (Lipinski definition) is 2. The van der Waals surface area contributed by atoms with Crippen LogP contribution in [0.5, 0.6) is 0 Å². The Morgan fingerprint density at radius 3 is 2.47 bits per heavy atom. The molecule has 6 heteroatoms. The summed E-state index contributed by atoms with van der Waals surface area (Å²) in [4.78, 5) is 24.9. The fourth-order valence-electron chi connectivity index (χ4n) is 2.12. The Labute approximate surface area is 125 Å². The van der Waals surface area contributed by atoms with Gasteiger partial charge >= 0.3 is 6.03 Å². The molecule has 2 rings (SSSR count). The standard InChI is InChI=1S/C13H16IN3O2/c14-10-3-1-2-4-11(10)16-13(19)17-7-5-9(6-8-17)12(15)18/h1-4,9H,5-8H2,(H2,15,18)(H,16,19). The lowest BCUT2D eigenvalue weighted by atomic mass is 9.96. The van der Waals surface area contributed by atoms with Crippen molar-refractivity contribution < 1.29 is 9.59 Å². The minimum atomic E-state index is -0.266. The van der Waals surface area contributed by atoms with Crippen LogP contribution in [-0.4, -0.2) is 29.9 Å². The van der Waals surface area contributed by atoms with Gasteiger partial charge in [-0.05, 0) is 47.6 Å². The number of likely N-dealkylation sites (tertiary alicyclic amines) is 1. The third kappa shape index (κ3) is 3.59. The lowest BCUT2D eigenvalue weighted by Gasteiger charge is -2.30. The quantitative estimate of drug-likeness (QED) is 0.779. The van der Waals surface area contributed by atoms with Gasteiger partial charge in [0.05, 0.1) is 5.69 Å². The fraction of sp³-hybridized carbons (Fsp3) is 0.385. The van der Waals surface area contributed by atoms with Gasteiger partial charge in [0, 0.05) is 22.6 Å². The molecule has 0 bridgehead atoms. The van der Waals surface area contributed by atoms with Gasteiger partial charge in [-0.3, -0.25) is 4.79 Å². The number of nitrogens with one attached hydrogen (secondary N) is 1.